The van der Waals surface area contributed by atoms with Crippen LogP contribution in [0.2, 0.25) is 0 Å². The zero-order chi connectivity index (χ0) is 11.3. The number of aliphatic hydroxyl groups is 1. The maximum Gasteiger partial charge on any atom is 0.240 e. The summed E-state index contributed by atoms with van der Waals surface area (Å²) in [5.41, 5.74) is 0. The van der Waals surface area contributed by atoms with Gasteiger partial charge in [-0.05, 0) is 25.5 Å². The molecule has 0 saturated heterocycles. The van der Waals surface area contributed by atoms with E-state index in [0.717, 1.165) is 0 Å². The molecule has 5 heteroatoms. The van der Waals surface area contributed by atoms with Gasteiger partial charge in [0.25, 0.3) is 0 Å². The molecule has 0 fully saturated rings. The third-order valence-corrected chi connectivity index (χ3v) is 3.58. The number of sulfonamides is 1. The van der Waals surface area contributed by atoms with Crippen LogP contribution in [0.1, 0.15) is 13.3 Å². The average molecular weight is 229 g/mol. The van der Waals surface area contributed by atoms with Gasteiger partial charge in [0.1, 0.15) is 0 Å². The summed E-state index contributed by atoms with van der Waals surface area (Å²) in [7, 11) is -3.44. The Bertz CT molecular complexity index is 388. The second kappa shape index (κ2) is 5.25. The van der Waals surface area contributed by atoms with Crippen LogP contribution in [0.3, 0.4) is 0 Å². The molecule has 0 bridgehead atoms. The molecule has 1 aromatic rings. The lowest BCUT2D eigenvalue weighted by atomic mass is 10.3. The first-order valence-electron chi connectivity index (χ1n) is 4.74. The van der Waals surface area contributed by atoms with Crippen LogP contribution < -0.4 is 4.72 Å². The van der Waals surface area contributed by atoms with Crippen molar-refractivity contribution >= 4 is 10.0 Å². The van der Waals surface area contributed by atoms with Crippen LogP contribution in [0.5, 0.6) is 0 Å². The zero-order valence-electron chi connectivity index (χ0n) is 8.55. The molecule has 0 unspecified atom stereocenters. The van der Waals surface area contributed by atoms with Crippen LogP contribution >= 0.6 is 0 Å². The average Bonchev–Trinajstić information content (AvgIpc) is 2.18. The van der Waals surface area contributed by atoms with Gasteiger partial charge in [0.05, 0.1) is 4.90 Å². The molecule has 0 aliphatic rings. The van der Waals surface area contributed by atoms with Gasteiger partial charge in [-0.3, -0.25) is 0 Å². The smallest absolute Gasteiger partial charge is 0.240 e. The molecule has 0 saturated carbocycles. The molecule has 0 heterocycles. The summed E-state index contributed by atoms with van der Waals surface area (Å²) in [5, 5.41) is 8.67. The number of rotatable bonds is 5. The van der Waals surface area contributed by atoms with E-state index in [9.17, 15) is 8.42 Å². The first-order valence-corrected chi connectivity index (χ1v) is 6.23. The number of hydrogen-bond acceptors (Lipinski definition) is 3. The molecule has 1 aromatic carbocycles. The van der Waals surface area contributed by atoms with Crippen molar-refractivity contribution in [3.8, 4) is 0 Å². The van der Waals surface area contributed by atoms with Crippen LogP contribution in [0, 0.1) is 0 Å². The van der Waals surface area contributed by atoms with Crippen molar-refractivity contribution in [3.05, 3.63) is 30.3 Å². The van der Waals surface area contributed by atoms with Crippen LogP contribution in [-0.2, 0) is 10.0 Å². The van der Waals surface area contributed by atoms with Crippen LogP contribution in [0.4, 0.5) is 0 Å². The molecule has 0 aromatic heterocycles. The summed E-state index contributed by atoms with van der Waals surface area (Å²) in [6, 6.07) is 7.91. The molecule has 15 heavy (non-hydrogen) atoms. The summed E-state index contributed by atoms with van der Waals surface area (Å²) in [6.07, 6.45) is 0.409. The Morgan fingerprint density at radius 3 is 2.47 bits per heavy atom. The molecule has 4 nitrogen and oxygen atoms in total. The van der Waals surface area contributed by atoms with Gasteiger partial charge in [0.2, 0.25) is 10.0 Å². The predicted molar refractivity (Wildman–Crippen MR) is 57.9 cm³/mol. The highest BCUT2D eigenvalue weighted by Crippen LogP contribution is 2.08. The molecule has 2 N–H and O–H groups in total. The third-order valence-electron chi connectivity index (χ3n) is 1.97. The lowest BCUT2D eigenvalue weighted by Crippen LogP contribution is -2.33. The molecular formula is C10H15NO3S. The fraction of sp³-hybridized carbons (Fsp3) is 0.400. The molecule has 1 atom stereocenters. The normalized spacial score (nSPS) is 13.7. The van der Waals surface area contributed by atoms with E-state index in [1.165, 1.54) is 12.1 Å². The lowest BCUT2D eigenvalue weighted by molar-refractivity contribution is 0.275. The van der Waals surface area contributed by atoms with Gasteiger partial charge in [-0.1, -0.05) is 18.2 Å². The summed E-state index contributed by atoms with van der Waals surface area (Å²) >= 11 is 0. The van der Waals surface area contributed by atoms with Gasteiger partial charge in [0, 0.05) is 12.6 Å². The highest BCUT2D eigenvalue weighted by molar-refractivity contribution is 7.89. The summed E-state index contributed by atoms with van der Waals surface area (Å²) < 4.78 is 25.9. The number of aliphatic hydroxyl groups excluding tert-OH is 1. The molecule has 0 radical (unpaired) electrons. The van der Waals surface area contributed by atoms with E-state index >= 15 is 0 Å². The van der Waals surface area contributed by atoms with Crippen molar-refractivity contribution in [2.75, 3.05) is 6.61 Å². The Morgan fingerprint density at radius 2 is 1.93 bits per heavy atom. The maximum atomic E-state index is 11.7. The van der Waals surface area contributed by atoms with Crippen molar-refractivity contribution in [1.29, 1.82) is 0 Å². The second-order valence-corrected chi connectivity index (χ2v) is 5.06. The summed E-state index contributed by atoms with van der Waals surface area (Å²) in [6.45, 7) is 1.69. The fourth-order valence-electron chi connectivity index (χ4n) is 1.19. The number of benzene rings is 1. The molecule has 1 rings (SSSR count). The summed E-state index contributed by atoms with van der Waals surface area (Å²) in [5.74, 6) is 0. The Kier molecular flexibility index (Phi) is 4.26. The zero-order valence-corrected chi connectivity index (χ0v) is 9.37. The van der Waals surface area contributed by atoms with Crippen molar-refractivity contribution in [2.45, 2.75) is 24.3 Å². The van der Waals surface area contributed by atoms with Gasteiger partial charge in [0.15, 0.2) is 0 Å². The Morgan fingerprint density at radius 1 is 1.33 bits per heavy atom. The van der Waals surface area contributed by atoms with Gasteiger partial charge < -0.3 is 5.11 Å². The van der Waals surface area contributed by atoms with Crippen molar-refractivity contribution in [2.24, 2.45) is 0 Å². The van der Waals surface area contributed by atoms with Gasteiger partial charge >= 0.3 is 0 Å². The number of nitrogens with one attached hydrogen (secondary N) is 1. The monoisotopic (exact) mass is 229 g/mol. The topological polar surface area (TPSA) is 66.4 Å². The molecule has 84 valence electrons. The fourth-order valence-corrected chi connectivity index (χ4v) is 2.48. The standard InChI is InChI=1S/C10H15NO3S/c1-9(7-8-12)11-15(13,14)10-5-3-2-4-6-10/h2-6,9,11-12H,7-8H2,1H3/t9-/m0/s1. The molecule has 0 spiro atoms. The molecular weight excluding hydrogens is 214 g/mol. The van der Waals surface area contributed by atoms with E-state index in [4.69, 9.17) is 5.11 Å². The van der Waals surface area contributed by atoms with Crippen molar-refractivity contribution < 1.29 is 13.5 Å². The first kappa shape index (κ1) is 12.2. The molecule has 0 amide bonds. The van der Waals surface area contributed by atoms with Crippen LogP contribution in [-0.4, -0.2) is 26.2 Å². The third kappa shape index (κ3) is 3.62. The Balaban J connectivity index is 2.77. The SMILES string of the molecule is C[C@@H](CCO)NS(=O)(=O)c1ccccc1. The minimum absolute atomic E-state index is 0.0293. The van der Waals surface area contributed by atoms with Gasteiger partial charge in [-0.25, -0.2) is 13.1 Å². The highest BCUT2D eigenvalue weighted by atomic mass is 32.2. The van der Waals surface area contributed by atoms with E-state index < -0.39 is 10.0 Å². The quantitative estimate of drug-likeness (QED) is 0.782. The highest BCUT2D eigenvalue weighted by Gasteiger charge is 2.15. The minimum Gasteiger partial charge on any atom is -0.396 e. The van der Waals surface area contributed by atoms with Crippen molar-refractivity contribution in [3.63, 3.8) is 0 Å². The molecule has 0 aliphatic heterocycles. The second-order valence-electron chi connectivity index (χ2n) is 3.35. The maximum absolute atomic E-state index is 11.7. The van der Waals surface area contributed by atoms with E-state index in [0.29, 0.717) is 6.42 Å². The van der Waals surface area contributed by atoms with E-state index in [1.54, 1.807) is 25.1 Å². The van der Waals surface area contributed by atoms with Gasteiger partial charge in [-0.2, -0.15) is 0 Å². The Hall–Kier alpha value is -0.910. The van der Waals surface area contributed by atoms with Crippen LogP contribution in [0.25, 0.3) is 0 Å². The van der Waals surface area contributed by atoms with Crippen LogP contribution in [0.15, 0.2) is 35.2 Å². The molecule has 0 aliphatic carbocycles. The minimum atomic E-state index is -3.44. The largest absolute Gasteiger partial charge is 0.396 e. The van der Waals surface area contributed by atoms with Gasteiger partial charge in [-0.15, -0.1) is 0 Å². The van der Waals surface area contributed by atoms with E-state index in [2.05, 4.69) is 4.72 Å². The lowest BCUT2D eigenvalue weighted by Gasteiger charge is -2.12. The Labute approximate surface area is 90.0 Å². The first-order chi connectivity index (χ1) is 7.06. The van der Waals surface area contributed by atoms with Crippen molar-refractivity contribution in [1.82, 2.24) is 4.72 Å². The summed E-state index contributed by atoms with van der Waals surface area (Å²) in [4.78, 5) is 0.245. The number of hydrogen-bond donors (Lipinski definition) is 2. The van der Waals surface area contributed by atoms with E-state index in [-0.39, 0.29) is 17.5 Å². The van der Waals surface area contributed by atoms with E-state index in [1.807, 2.05) is 0 Å². The predicted octanol–water partition coefficient (Wildman–Crippen LogP) is 0.736.